The molecule has 2 heterocycles. The summed E-state index contributed by atoms with van der Waals surface area (Å²) in [5.41, 5.74) is 0.885. The fourth-order valence-corrected chi connectivity index (χ4v) is 3.13. The Labute approximate surface area is 149 Å². The highest BCUT2D eigenvalue weighted by Crippen LogP contribution is 2.21. The first-order chi connectivity index (χ1) is 12.6. The number of amides is 2. The van der Waals surface area contributed by atoms with E-state index < -0.39 is 5.91 Å². The molecule has 0 radical (unpaired) electrons. The summed E-state index contributed by atoms with van der Waals surface area (Å²) in [6.45, 7) is 0.381. The summed E-state index contributed by atoms with van der Waals surface area (Å²) in [7, 11) is 0. The second kappa shape index (κ2) is 6.48. The van der Waals surface area contributed by atoms with E-state index in [1.807, 2.05) is 30.3 Å². The molecule has 6 heteroatoms. The smallest absolute Gasteiger partial charge is 0.287 e. The number of fused-ring (bicyclic) bond motifs is 1. The molecule has 130 valence electrons. The lowest BCUT2D eigenvalue weighted by Gasteiger charge is -2.17. The van der Waals surface area contributed by atoms with Crippen LogP contribution < -0.4 is 15.6 Å². The molecule has 0 aliphatic carbocycles. The third-order valence-electron chi connectivity index (χ3n) is 4.39. The van der Waals surface area contributed by atoms with Crippen molar-refractivity contribution < 1.29 is 14.0 Å². The molecule has 1 fully saturated rings. The first kappa shape index (κ1) is 16.1. The number of hydrogen-bond donors (Lipinski definition) is 1. The normalized spacial score (nSPS) is 16.8. The van der Waals surface area contributed by atoms with Crippen LogP contribution in [0.1, 0.15) is 17.0 Å². The number of nitrogens with one attached hydrogen (secondary N) is 1. The number of nitrogens with zero attached hydrogens (tertiary/aromatic N) is 1. The van der Waals surface area contributed by atoms with Crippen molar-refractivity contribution in [2.75, 3.05) is 11.4 Å². The van der Waals surface area contributed by atoms with Gasteiger partial charge in [0.2, 0.25) is 5.91 Å². The molecule has 1 aliphatic heterocycles. The molecule has 1 aromatic heterocycles. The molecule has 1 N–H and O–H groups in total. The topological polar surface area (TPSA) is 79.6 Å². The molecule has 1 saturated heterocycles. The van der Waals surface area contributed by atoms with Crippen molar-refractivity contribution in [1.82, 2.24) is 5.32 Å². The highest BCUT2D eigenvalue weighted by Gasteiger charge is 2.32. The highest BCUT2D eigenvalue weighted by atomic mass is 16.3. The molecule has 2 aromatic carbocycles. The summed E-state index contributed by atoms with van der Waals surface area (Å²) >= 11 is 0. The monoisotopic (exact) mass is 348 g/mol. The van der Waals surface area contributed by atoms with Crippen LogP contribution in [-0.2, 0) is 4.79 Å². The summed E-state index contributed by atoms with van der Waals surface area (Å²) in [5.74, 6) is -0.610. The predicted octanol–water partition coefficient (Wildman–Crippen LogP) is 2.33. The number of hydrogen-bond acceptors (Lipinski definition) is 4. The Kier molecular flexibility index (Phi) is 4.01. The molecule has 0 saturated carbocycles. The quantitative estimate of drug-likeness (QED) is 0.788. The Morgan fingerprint density at radius 2 is 1.77 bits per heavy atom. The van der Waals surface area contributed by atoms with E-state index in [1.165, 1.54) is 6.07 Å². The molecule has 2 amide bonds. The summed E-state index contributed by atoms with van der Waals surface area (Å²) in [5, 5.41) is 3.21. The molecular formula is C20H16N2O4. The van der Waals surface area contributed by atoms with Crippen LogP contribution in [0.15, 0.2) is 69.9 Å². The zero-order chi connectivity index (χ0) is 18.1. The Hall–Kier alpha value is -3.41. The number of carbonyl (C=O) groups excluding carboxylic acids is 2. The van der Waals surface area contributed by atoms with E-state index in [9.17, 15) is 14.4 Å². The van der Waals surface area contributed by atoms with E-state index in [0.29, 0.717) is 17.5 Å². The Morgan fingerprint density at radius 3 is 2.58 bits per heavy atom. The van der Waals surface area contributed by atoms with Gasteiger partial charge in [0.15, 0.2) is 11.2 Å². The fraction of sp³-hybridized carbons (Fsp3) is 0.150. The SMILES string of the molecule is O=C(NC1CC(=O)N(c2ccccc2)C1)c1cc(=O)c2ccccc2o1. The molecular weight excluding hydrogens is 332 g/mol. The van der Waals surface area contributed by atoms with Crippen LogP contribution in [0.5, 0.6) is 0 Å². The lowest BCUT2D eigenvalue weighted by molar-refractivity contribution is -0.117. The van der Waals surface area contributed by atoms with Gasteiger partial charge in [-0.15, -0.1) is 0 Å². The maximum Gasteiger partial charge on any atom is 0.287 e. The van der Waals surface area contributed by atoms with E-state index in [2.05, 4.69) is 5.32 Å². The predicted molar refractivity (Wildman–Crippen MR) is 97.2 cm³/mol. The van der Waals surface area contributed by atoms with Crippen molar-refractivity contribution in [2.45, 2.75) is 12.5 Å². The van der Waals surface area contributed by atoms with Gasteiger partial charge in [0.25, 0.3) is 5.91 Å². The number of benzene rings is 2. The van der Waals surface area contributed by atoms with Crippen LogP contribution in [0.2, 0.25) is 0 Å². The van der Waals surface area contributed by atoms with E-state index in [0.717, 1.165) is 5.69 Å². The van der Waals surface area contributed by atoms with Crippen molar-refractivity contribution in [3.05, 3.63) is 76.6 Å². The van der Waals surface area contributed by atoms with E-state index in [4.69, 9.17) is 4.42 Å². The molecule has 1 atom stereocenters. The standard InChI is InChI=1S/C20H16N2O4/c23-16-11-18(26-17-9-5-4-8-15(16)17)20(25)21-13-10-19(24)22(12-13)14-6-2-1-3-7-14/h1-9,11,13H,10,12H2,(H,21,25). The van der Waals surface area contributed by atoms with Gasteiger partial charge in [-0.25, -0.2) is 0 Å². The van der Waals surface area contributed by atoms with E-state index in [1.54, 1.807) is 29.2 Å². The van der Waals surface area contributed by atoms with Gasteiger partial charge in [-0.2, -0.15) is 0 Å². The lowest BCUT2D eigenvalue weighted by Crippen LogP contribution is -2.37. The maximum absolute atomic E-state index is 12.5. The van der Waals surface area contributed by atoms with Gasteiger partial charge in [0, 0.05) is 24.7 Å². The fourth-order valence-electron chi connectivity index (χ4n) is 3.13. The Morgan fingerprint density at radius 1 is 1.04 bits per heavy atom. The minimum absolute atomic E-state index is 0.0542. The largest absolute Gasteiger partial charge is 0.451 e. The van der Waals surface area contributed by atoms with Crippen molar-refractivity contribution in [3.8, 4) is 0 Å². The van der Waals surface area contributed by atoms with Gasteiger partial charge in [-0.3, -0.25) is 14.4 Å². The maximum atomic E-state index is 12.5. The van der Waals surface area contributed by atoms with E-state index in [-0.39, 0.29) is 29.6 Å². The van der Waals surface area contributed by atoms with Crippen LogP contribution in [0.4, 0.5) is 5.69 Å². The molecule has 0 bridgehead atoms. The average molecular weight is 348 g/mol. The van der Waals surface area contributed by atoms with Gasteiger partial charge in [0.05, 0.1) is 11.4 Å². The van der Waals surface area contributed by atoms with E-state index >= 15 is 0 Å². The molecule has 1 aliphatic rings. The molecule has 4 rings (SSSR count). The molecule has 26 heavy (non-hydrogen) atoms. The first-order valence-electron chi connectivity index (χ1n) is 8.31. The van der Waals surface area contributed by atoms with Gasteiger partial charge in [-0.05, 0) is 24.3 Å². The second-order valence-corrected chi connectivity index (χ2v) is 6.19. The van der Waals surface area contributed by atoms with Crippen LogP contribution in [0, 0.1) is 0 Å². The Bertz CT molecular complexity index is 1040. The summed E-state index contributed by atoms with van der Waals surface area (Å²) in [4.78, 5) is 38.5. The molecule has 1 unspecified atom stereocenters. The van der Waals surface area contributed by atoms with Crippen LogP contribution >= 0.6 is 0 Å². The number of rotatable bonds is 3. The zero-order valence-electron chi connectivity index (χ0n) is 13.8. The third-order valence-corrected chi connectivity index (χ3v) is 4.39. The minimum atomic E-state index is -0.499. The summed E-state index contributed by atoms with van der Waals surface area (Å²) in [6.07, 6.45) is 0.207. The second-order valence-electron chi connectivity index (χ2n) is 6.19. The number of anilines is 1. The zero-order valence-corrected chi connectivity index (χ0v) is 13.8. The molecule has 0 spiro atoms. The van der Waals surface area contributed by atoms with Crippen molar-refractivity contribution in [2.24, 2.45) is 0 Å². The molecule has 6 nitrogen and oxygen atoms in total. The minimum Gasteiger partial charge on any atom is -0.451 e. The first-order valence-corrected chi connectivity index (χ1v) is 8.31. The van der Waals surface area contributed by atoms with Crippen molar-refractivity contribution >= 4 is 28.5 Å². The third kappa shape index (κ3) is 2.97. The van der Waals surface area contributed by atoms with Gasteiger partial charge in [-0.1, -0.05) is 30.3 Å². The number of carbonyl (C=O) groups is 2. The van der Waals surface area contributed by atoms with Crippen molar-refractivity contribution in [1.29, 1.82) is 0 Å². The van der Waals surface area contributed by atoms with Gasteiger partial charge < -0.3 is 14.6 Å². The van der Waals surface area contributed by atoms with Crippen LogP contribution in [-0.4, -0.2) is 24.4 Å². The lowest BCUT2D eigenvalue weighted by atomic mass is 10.2. The van der Waals surface area contributed by atoms with Gasteiger partial charge >= 0.3 is 0 Å². The van der Waals surface area contributed by atoms with Crippen molar-refractivity contribution in [3.63, 3.8) is 0 Å². The summed E-state index contributed by atoms with van der Waals surface area (Å²) in [6, 6.07) is 16.9. The highest BCUT2D eigenvalue weighted by molar-refractivity contribution is 5.98. The average Bonchev–Trinajstić information content (AvgIpc) is 3.02. The summed E-state index contributed by atoms with van der Waals surface area (Å²) < 4.78 is 5.54. The van der Waals surface area contributed by atoms with Gasteiger partial charge in [0.1, 0.15) is 5.58 Å². The van der Waals surface area contributed by atoms with Crippen LogP contribution in [0.25, 0.3) is 11.0 Å². The van der Waals surface area contributed by atoms with Crippen LogP contribution in [0.3, 0.4) is 0 Å². The Balaban J connectivity index is 1.52. The number of para-hydroxylation sites is 2. The molecule has 3 aromatic rings.